The fourth-order valence-corrected chi connectivity index (χ4v) is 4.76. The number of hydrogen-bond acceptors (Lipinski definition) is 3. The van der Waals surface area contributed by atoms with Crippen molar-refractivity contribution >= 4 is 57.1 Å². The first-order valence-electron chi connectivity index (χ1n) is 12.4. The Morgan fingerprint density at radius 1 is 1.00 bits per heavy atom. The highest BCUT2D eigenvalue weighted by Gasteiger charge is 2.26. The maximum Gasteiger partial charge on any atom is 0.249 e. The van der Waals surface area contributed by atoms with Crippen LogP contribution in [0.25, 0.3) is 17.0 Å². The highest BCUT2D eigenvalue weighted by Crippen LogP contribution is 2.25. The lowest BCUT2D eigenvalue weighted by Gasteiger charge is -2.25. The molecule has 38 heavy (non-hydrogen) atoms. The number of halogens is 1. The van der Waals surface area contributed by atoms with E-state index in [1.807, 2.05) is 71.7 Å². The van der Waals surface area contributed by atoms with Crippen LogP contribution < -0.4 is 15.0 Å². The number of likely N-dealkylation sites (N-methyl/N-ethyl adjacent to an activating group) is 1. The summed E-state index contributed by atoms with van der Waals surface area (Å²) >= 11 is 2.15. The molecule has 6 nitrogen and oxygen atoms in total. The Balaban J connectivity index is 0.00000164. The molecule has 2 N–H and O–H groups in total. The highest BCUT2D eigenvalue weighted by molar-refractivity contribution is 14.1. The minimum Gasteiger partial charge on any atom is -0.497 e. The molecule has 2 amide bonds. The van der Waals surface area contributed by atoms with Crippen molar-refractivity contribution < 1.29 is 14.3 Å². The van der Waals surface area contributed by atoms with Gasteiger partial charge in [0.1, 0.15) is 11.8 Å². The number of rotatable bonds is 3. The number of amides is 2. The third-order valence-corrected chi connectivity index (χ3v) is 6.68. The van der Waals surface area contributed by atoms with Crippen LogP contribution in [0.1, 0.15) is 22.4 Å². The number of H-pyrrole nitrogens is 1. The van der Waals surface area contributed by atoms with Gasteiger partial charge >= 0.3 is 0 Å². The number of anilines is 1. The topological polar surface area (TPSA) is 74.4 Å². The Hall–Kier alpha value is -3.59. The standard InChI is InChI=1S/C30H29N3O3.CH3I/c1-33(22-13-15-23(36-2)16-14-22)30(35)28-18-21-9-5-7-20(17-21)8-6-12-27-25(19-29(34)32-28)24-10-3-4-11-26(24)31-27;1-2/h3-7,9-17,28,31H,8,18-19H2,1-2H3,(H,32,34);1H3/b12-6-;. The first-order chi connectivity index (χ1) is 18.5. The maximum absolute atomic E-state index is 13.6. The Bertz CT molecular complexity index is 1440. The molecule has 0 aliphatic carbocycles. The van der Waals surface area contributed by atoms with Crippen molar-refractivity contribution in [3.63, 3.8) is 0 Å². The molecule has 1 atom stereocenters. The molecule has 7 heteroatoms. The number of alkyl halides is 1. The van der Waals surface area contributed by atoms with Gasteiger partial charge in [0.05, 0.1) is 13.5 Å². The van der Waals surface area contributed by atoms with Crippen molar-refractivity contribution in [3.05, 3.63) is 101 Å². The molecule has 5 rings (SSSR count). The van der Waals surface area contributed by atoms with Crippen molar-refractivity contribution in [1.82, 2.24) is 10.3 Å². The van der Waals surface area contributed by atoms with Gasteiger partial charge in [0.25, 0.3) is 0 Å². The lowest BCUT2D eigenvalue weighted by Crippen LogP contribution is -2.49. The molecular weight excluding hydrogens is 589 g/mol. The van der Waals surface area contributed by atoms with E-state index in [9.17, 15) is 9.59 Å². The predicted octanol–water partition coefficient (Wildman–Crippen LogP) is 5.73. The number of aromatic nitrogens is 1. The summed E-state index contributed by atoms with van der Waals surface area (Å²) in [5.41, 5.74) is 5.73. The minimum absolute atomic E-state index is 0.175. The number of nitrogens with one attached hydrogen (secondary N) is 2. The predicted molar refractivity (Wildman–Crippen MR) is 163 cm³/mol. The van der Waals surface area contributed by atoms with Crippen LogP contribution in [0.3, 0.4) is 0 Å². The first-order valence-corrected chi connectivity index (χ1v) is 14.6. The molecule has 1 unspecified atom stereocenters. The van der Waals surface area contributed by atoms with Crippen LogP contribution in [-0.4, -0.2) is 41.9 Å². The number of methoxy groups -OCH3 is 1. The van der Waals surface area contributed by atoms with Crippen molar-refractivity contribution in [2.75, 3.05) is 24.0 Å². The molecule has 1 aromatic heterocycles. The molecule has 1 aliphatic heterocycles. The number of carbonyl (C=O) groups excluding carboxylic acids is 2. The van der Waals surface area contributed by atoms with Crippen LogP contribution in [0, 0.1) is 0 Å². The van der Waals surface area contributed by atoms with E-state index in [0.717, 1.165) is 51.1 Å². The van der Waals surface area contributed by atoms with Gasteiger partial charge in [0.2, 0.25) is 11.8 Å². The molecule has 0 saturated heterocycles. The zero-order valence-corrected chi connectivity index (χ0v) is 24.0. The summed E-state index contributed by atoms with van der Waals surface area (Å²) in [7, 11) is 3.34. The van der Waals surface area contributed by atoms with Crippen molar-refractivity contribution in [3.8, 4) is 5.75 Å². The summed E-state index contributed by atoms with van der Waals surface area (Å²) in [6, 6.07) is 22.8. The highest BCUT2D eigenvalue weighted by atomic mass is 127. The summed E-state index contributed by atoms with van der Waals surface area (Å²) in [6.07, 6.45) is 5.51. The van der Waals surface area contributed by atoms with Crippen LogP contribution in [-0.2, 0) is 28.9 Å². The maximum atomic E-state index is 13.6. The minimum atomic E-state index is -0.706. The number of benzene rings is 3. The van der Waals surface area contributed by atoms with Gasteiger partial charge in [-0.15, -0.1) is 0 Å². The largest absolute Gasteiger partial charge is 0.497 e. The molecule has 0 radical (unpaired) electrons. The fourth-order valence-electron chi connectivity index (χ4n) is 4.76. The van der Waals surface area contributed by atoms with Crippen molar-refractivity contribution in [2.45, 2.75) is 25.3 Å². The molecule has 2 heterocycles. The number of fused-ring (bicyclic) bond motifs is 5. The third kappa shape index (κ3) is 6.27. The smallest absolute Gasteiger partial charge is 0.249 e. The molecular formula is C31H32IN3O3. The number of nitrogens with zero attached hydrogens (tertiary/aromatic N) is 1. The van der Waals surface area contributed by atoms with E-state index in [1.165, 1.54) is 0 Å². The van der Waals surface area contributed by atoms with Gasteiger partial charge in [-0.2, -0.15) is 0 Å². The second kappa shape index (κ2) is 12.8. The van der Waals surface area contributed by atoms with Crippen molar-refractivity contribution in [2.24, 2.45) is 0 Å². The zero-order chi connectivity index (χ0) is 27.1. The quantitative estimate of drug-likeness (QED) is 0.227. The number of ether oxygens (including phenoxy) is 1. The number of para-hydroxylation sites is 1. The lowest BCUT2D eigenvalue weighted by atomic mass is 10.0. The van der Waals surface area contributed by atoms with Gasteiger partial charge in [0, 0.05) is 35.8 Å². The van der Waals surface area contributed by atoms with E-state index in [0.29, 0.717) is 6.42 Å². The summed E-state index contributed by atoms with van der Waals surface area (Å²) in [6.45, 7) is 0. The number of allylic oxidation sites excluding steroid dienone is 1. The molecule has 0 fully saturated rings. The van der Waals surface area contributed by atoms with Crippen LogP contribution in [0.5, 0.6) is 5.75 Å². The lowest BCUT2D eigenvalue weighted by molar-refractivity contribution is -0.127. The summed E-state index contributed by atoms with van der Waals surface area (Å²) in [4.78, 5) is 34.0. The SMILES string of the molecule is CI.COc1ccc(N(C)C(=O)C2Cc3cccc(c3)C/C=C\c3[nH]c4ccccc4c3CC(=O)N2)cc1. The Morgan fingerprint density at radius 2 is 1.74 bits per heavy atom. The van der Waals surface area contributed by atoms with E-state index in [1.54, 1.807) is 19.1 Å². The van der Waals surface area contributed by atoms with E-state index in [4.69, 9.17) is 4.74 Å². The summed E-state index contributed by atoms with van der Waals surface area (Å²) in [5.74, 6) is 0.354. The van der Waals surface area contributed by atoms with Gasteiger partial charge in [0.15, 0.2) is 0 Å². The molecule has 0 saturated carbocycles. The van der Waals surface area contributed by atoms with E-state index >= 15 is 0 Å². The molecule has 196 valence electrons. The first kappa shape index (κ1) is 27.4. The van der Waals surface area contributed by atoms with E-state index in [-0.39, 0.29) is 18.2 Å². The number of carbonyl (C=O) groups is 2. The number of hydrogen-bond donors (Lipinski definition) is 2. The van der Waals surface area contributed by atoms with Crippen LogP contribution in [0.15, 0.2) is 78.9 Å². The third-order valence-electron chi connectivity index (χ3n) is 6.68. The molecule has 2 bridgehead atoms. The monoisotopic (exact) mass is 621 g/mol. The molecule has 1 aliphatic rings. The summed E-state index contributed by atoms with van der Waals surface area (Å²) in [5, 5.41) is 4.05. The van der Waals surface area contributed by atoms with Gasteiger partial charge < -0.3 is 19.9 Å². The average Bonchev–Trinajstić information content (AvgIpc) is 3.29. The molecule has 3 aromatic carbocycles. The summed E-state index contributed by atoms with van der Waals surface area (Å²) < 4.78 is 5.24. The number of aromatic amines is 1. The molecule has 0 spiro atoms. The fraction of sp³-hybridized carbons (Fsp3) is 0.226. The normalized spacial score (nSPS) is 15.9. The van der Waals surface area contributed by atoms with E-state index < -0.39 is 6.04 Å². The van der Waals surface area contributed by atoms with E-state index in [2.05, 4.69) is 51.1 Å². The zero-order valence-electron chi connectivity index (χ0n) is 21.8. The van der Waals surface area contributed by atoms with Gasteiger partial charge in [-0.05, 0) is 64.4 Å². The Morgan fingerprint density at radius 3 is 2.50 bits per heavy atom. The molecule has 4 aromatic rings. The van der Waals surface area contributed by atoms with Crippen LogP contribution >= 0.6 is 22.6 Å². The Kier molecular flexibility index (Phi) is 9.23. The van der Waals surface area contributed by atoms with Crippen LogP contribution in [0.4, 0.5) is 5.69 Å². The second-order valence-electron chi connectivity index (χ2n) is 9.09. The van der Waals surface area contributed by atoms with Gasteiger partial charge in [-0.3, -0.25) is 9.59 Å². The van der Waals surface area contributed by atoms with Gasteiger partial charge in [-0.1, -0.05) is 71.1 Å². The van der Waals surface area contributed by atoms with Crippen molar-refractivity contribution in [1.29, 1.82) is 0 Å². The average molecular weight is 622 g/mol. The van der Waals surface area contributed by atoms with Gasteiger partial charge in [-0.25, -0.2) is 0 Å². The second-order valence-corrected chi connectivity index (χ2v) is 9.09. The Labute approximate surface area is 237 Å². The van der Waals surface area contributed by atoms with Crippen LogP contribution in [0.2, 0.25) is 0 Å².